The second kappa shape index (κ2) is 3.83. The highest BCUT2D eigenvalue weighted by molar-refractivity contribution is 8.15. The first-order chi connectivity index (χ1) is 8.19. The Kier molecular flexibility index (Phi) is 2.58. The smallest absolute Gasteiger partial charge is 0.000377 e. The Morgan fingerprint density at radius 1 is 0.765 bits per heavy atom. The van der Waals surface area contributed by atoms with Crippen LogP contribution < -0.4 is 0 Å². The van der Waals surface area contributed by atoms with E-state index in [2.05, 4.69) is 0 Å². The molecule has 1 heterocycles. The molecule has 0 radical (unpaired) electrons. The fraction of sp³-hybridized carbons (Fsp3) is 1.00. The van der Waals surface area contributed by atoms with Gasteiger partial charge in [-0.25, -0.2) is 0 Å². The lowest BCUT2D eigenvalue weighted by Crippen LogP contribution is -2.51. The maximum atomic E-state index is 6.36. The molecule has 5 rings (SSSR count). The lowest BCUT2D eigenvalue weighted by molar-refractivity contribution is 0.0351. The molecule has 5 fully saturated rings. The van der Waals surface area contributed by atoms with Crippen LogP contribution in [0.2, 0.25) is 0 Å². The molecular formula is C15H25PS. The van der Waals surface area contributed by atoms with Crippen molar-refractivity contribution in [1.82, 2.24) is 0 Å². The minimum atomic E-state index is -0.980. The van der Waals surface area contributed by atoms with Gasteiger partial charge in [0.05, 0.1) is 0 Å². The molecule has 2 heteroatoms. The van der Waals surface area contributed by atoms with Gasteiger partial charge in [0.25, 0.3) is 0 Å². The molecular weight excluding hydrogens is 243 g/mol. The van der Waals surface area contributed by atoms with E-state index in [0.29, 0.717) is 0 Å². The van der Waals surface area contributed by atoms with Crippen LogP contribution in [0.25, 0.3) is 0 Å². The van der Waals surface area contributed by atoms with Crippen molar-refractivity contribution in [2.24, 2.45) is 17.8 Å². The van der Waals surface area contributed by atoms with Crippen LogP contribution in [0, 0.1) is 17.8 Å². The molecule has 0 aromatic carbocycles. The highest BCUT2D eigenvalue weighted by atomic mass is 32.4. The van der Waals surface area contributed by atoms with Crippen LogP contribution in [-0.2, 0) is 11.8 Å². The minimum absolute atomic E-state index is 0.734. The Morgan fingerprint density at radius 2 is 1.24 bits per heavy atom. The summed E-state index contributed by atoms with van der Waals surface area (Å²) in [6.45, 7) is 0. The van der Waals surface area contributed by atoms with Crippen molar-refractivity contribution in [1.29, 1.82) is 0 Å². The van der Waals surface area contributed by atoms with Gasteiger partial charge in [-0.05, 0) is 87.5 Å². The Labute approximate surface area is 111 Å². The zero-order valence-electron chi connectivity index (χ0n) is 10.9. The average molecular weight is 268 g/mol. The van der Waals surface area contributed by atoms with Gasteiger partial charge in [-0.3, -0.25) is 0 Å². The third-order valence-electron chi connectivity index (χ3n) is 6.41. The summed E-state index contributed by atoms with van der Waals surface area (Å²) in [7, 11) is 0. The third kappa shape index (κ3) is 1.64. The minimum Gasteiger partial charge on any atom is -0.0969 e. The third-order valence-corrected chi connectivity index (χ3v) is 13.0. The summed E-state index contributed by atoms with van der Waals surface area (Å²) in [5.41, 5.74) is 0. The molecule has 0 amide bonds. The summed E-state index contributed by atoms with van der Waals surface area (Å²) in [4.78, 5) is 0. The van der Waals surface area contributed by atoms with E-state index < -0.39 is 6.04 Å². The van der Waals surface area contributed by atoms with Crippen molar-refractivity contribution in [2.45, 2.75) is 62.9 Å². The fourth-order valence-electron chi connectivity index (χ4n) is 6.06. The van der Waals surface area contributed by atoms with Crippen molar-refractivity contribution in [2.75, 3.05) is 12.3 Å². The maximum absolute atomic E-state index is 6.36. The van der Waals surface area contributed by atoms with E-state index in [1.807, 2.05) is 0 Å². The van der Waals surface area contributed by atoms with Gasteiger partial charge in [0.15, 0.2) is 0 Å². The Bertz CT molecular complexity index is 328. The van der Waals surface area contributed by atoms with Crippen LogP contribution in [0.15, 0.2) is 0 Å². The van der Waals surface area contributed by atoms with Crippen molar-refractivity contribution in [3.8, 4) is 0 Å². The summed E-state index contributed by atoms with van der Waals surface area (Å²) in [5, 5.41) is 0.734. The van der Waals surface area contributed by atoms with E-state index in [4.69, 9.17) is 11.8 Å². The number of hydrogen-bond donors (Lipinski definition) is 0. The highest BCUT2D eigenvalue weighted by Gasteiger charge is 2.56. The van der Waals surface area contributed by atoms with Crippen molar-refractivity contribution < 1.29 is 0 Å². The lowest BCUT2D eigenvalue weighted by Gasteiger charge is -2.61. The average Bonchev–Trinajstić information content (AvgIpc) is 2.28. The zero-order chi connectivity index (χ0) is 11.5. The van der Waals surface area contributed by atoms with E-state index in [1.54, 1.807) is 38.5 Å². The van der Waals surface area contributed by atoms with E-state index in [0.717, 1.165) is 22.9 Å². The van der Waals surface area contributed by atoms with Crippen LogP contribution >= 0.6 is 6.04 Å². The molecule has 0 aromatic rings. The van der Waals surface area contributed by atoms with Crippen molar-refractivity contribution in [3.63, 3.8) is 0 Å². The number of hydrogen-bond acceptors (Lipinski definition) is 1. The van der Waals surface area contributed by atoms with Crippen LogP contribution in [0.1, 0.15) is 57.8 Å². The molecule has 0 spiro atoms. The van der Waals surface area contributed by atoms with Crippen LogP contribution in [0.5, 0.6) is 0 Å². The van der Waals surface area contributed by atoms with Crippen molar-refractivity contribution in [3.05, 3.63) is 0 Å². The monoisotopic (exact) mass is 268 g/mol. The first-order valence-electron chi connectivity index (χ1n) is 7.77. The first kappa shape index (κ1) is 11.5. The molecule has 4 bridgehead atoms. The predicted molar refractivity (Wildman–Crippen MR) is 78.8 cm³/mol. The molecule has 0 aromatic heterocycles. The Balaban J connectivity index is 1.69. The van der Waals surface area contributed by atoms with E-state index in [9.17, 15) is 0 Å². The summed E-state index contributed by atoms with van der Waals surface area (Å²) >= 11 is 6.36. The molecule has 1 saturated heterocycles. The molecule has 17 heavy (non-hydrogen) atoms. The second-order valence-electron chi connectivity index (χ2n) is 7.54. The summed E-state index contributed by atoms with van der Waals surface area (Å²) < 4.78 is 0. The van der Waals surface area contributed by atoms with Crippen molar-refractivity contribution >= 4 is 17.8 Å². The quantitative estimate of drug-likeness (QED) is 0.625. The van der Waals surface area contributed by atoms with Gasteiger partial charge in [0.1, 0.15) is 0 Å². The largest absolute Gasteiger partial charge is 0.0969 e. The number of rotatable bonds is 1. The molecule has 0 unspecified atom stereocenters. The maximum Gasteiger partial charge on any atom is 0.000377 e. The lowest BCUT2D eigenvalue weighted by atomic mass is 9.56. The SMILES string of the molecule is S=P1(C23CC4CC(CC(C4)C2)C3)CCCCC1. The standard InChI is InChI=1S/C15H25PS/c17-16(4-2-1-3-5-16)15-9-12-6-13(10-15)8-14(7-12)11-15/h12-14H,1-11H2. The topological polar surface area (TPSA) is 0 Å². The summed E-state index contributed by atoms with van der Waals surface area (Å²) in [6.07, 6.45) is 16.8. The van der Waals surface area contributed by atoms with E-state index in [-0.39, 0.29) is 0 Å². The fourth-order valence-corrected chi connectivity index (χ4v) is 11.9. The predicted octanol–water partition coefficient (Wildman–Crippen LogP) is 4.62. The van der Waals surface area contributed by atoms with Crippen LogP contribution in [0.4, 0.5) is 0 Å². The normalized spacial score (nSPS) is 51.6. The van der Waals surface area contributed by atoms with E-state index in [1.165, 1.54) is 31.6 Å². The molecule has 0 nitrogen and oxygen atoms in total. The first-order valence-corrected chi connectivity index (χ1v) is 10.9. The van der Waals surface area contributed by atoms with Crippen LogP contribution in [0.3, 0.4) is 0 Å². The summed E-state index contributed by atoms with van der Waals surface area (Å²) in [6, 6.07) is -0.980. The van der Waals surface area contributed by atoms with Crippen LogP contribution in [-0.4, -0.2) is 17.5 Å². The zero-order valence-corrected chi connectivity index (χ0v) is 12.6. The Morgan fingerprint density at radius 3 is 1.71 bits per heavy atom. The van der Waals surface area contributed by atoms with Gasteiger partial charge in [-0.15, -0.1) is 0 Å². The Hall–Kier alpha value is 0.650. The molecule has 96 valence electrons. The highest BCUT2D eigenvalue weighted by Crippen LogP contribution is 2.73. The van der Waals surface area contributed by atoms with Gasteiger partial charge < -0.3 is 0 Å². The van der Waals surface area contributed by atoms with Gasteiger partial charge in [-0.1, -0.05) is 18.2 Å². The molecule has 0 N–H and O–H groups in total. The second-order valence-corrected chi connectivity index (χ2v) is 13.3. The molecule has 4 aliphatic carbocycles. The molecule has 4 saturated carbocycles. The molecule has 0 atom stereocenters. The van der Waals surface area contributed by atoms with Gasteiger partial charge in [0.2, 0.25) is 0 Å². The molecule has 5 aliphatic rings. The van der Waals surface area contributed by atoms with E-state index >= 15 is 0 Å². The van der Waals surface area contributed by atoms with Gasteiger partial charge in [-0.2, -0.15) is 0 Å². The van der Waals surface area contributed by atoms with Gasteiger partial charge >= 0.3 is 0 Å². The molecule has 1 aliphatic heterocycles. The summed E-state index contributed by atoms with van der Waals surface area (Å²) in [5.74, 6) is 3.30. The van der Waals surface area contributed by atoms with Gasteiger partial charge in [0, 0.05) is 5.16 Å².